The number of piperazine rings is 2. The molecule has 0 atom stereocenters. The molecule has 1 aromatic heterocycles. The second kappa shape index (κ2) is 10.3. The van der Waals surface area contributed by atoms with E-state index in [0.29, 0.717) is 31.4 Å². The fourth-order valence-electron chi connectivity index (χ4n) is 4.85. The largest absolute Gasteiger partial charge is 0.359 e. The lowest BCUT2D eigenvalue weighted by Gasteiger charge is -2.39. The predicted octanol–water partition coefficient (Wildman–Crippen LogP) is 1.81. The van der Waals surface area contributed by atoms with E-state index >= 15 is 0 Å². The maximum atomic E-state index is 12.8. The minimum atomic E-state index is -0.0120. The molecular weight excluding hydrogens is 412 g/mol. The average molecular weight is 449 g/mol. The first kappa shape index (κ1) is 22.5. The molecule has 1 aromatic rings. The van der Waals surface area contributed by atoms with Crippen molar-refractivity contribution in [3.05, 3.63) is 11.1 Å². The molecule has 0 unspecified atom stereocenters. The van der Waals surface area contributed by atoms with Crippen LogP contribution in [0.2, 0.25) is 0 Å². The summed E-state index contributed by atoms with van der Waals surface area (Å²) in [6.45, 7) is 11.1. The maximum Gasteiger partial charge on any atom is 0.273 e. The van der Waals surface area contributed by atoms with Crippen LogP contribution in [0.3, 0.4) is 0 Å². The Kier molecular flexibility index (Phi) is 7.45. The van der Waals surface area contributed by atoms with Crippen LogP contribution >= 0.6 is 11.3 Å². The van der Waals surface area contributed by atoms with E-state index in [4.69, 9.17) is 0 Å². The van der Waals surface area contributed by atoms with Crippen LogP contribution in [0.4, 0.5) is 5.13 Å². The van der Waals surface area contributed by atoms with Crippen LogP contribution in [0.5, 0.6) is 0 Å². The van der Waals surface area contributed by atoms with Crippen molar-refractivity contribution in [2.75, 3.05) is 64.2 Å². The van der Waals surface area contributed by atoms with Crippen LogP contribution < -0.4 is 5.32 Å². The van der Waals surface area contributed by atoms with Gasteiger partial charge in [-0.3, -0.25) is 19.4 Å². The second-order valence-electron chi connectivity index (χ2n) is 9.26. The molecule has 1 aliphatic carbocycles. The highest BCUT2D eigenvalue weighted by molar-refractivity contribution is 7.13. The summed E-state index contributed by atoms with van der Waals surface area (Å²) in [6, 6.07) is 1.04. The summed E-state index contributed by atoms with van der Waals surface area (Å²) in [5.74, 6) is 0.219. The van der Waals surface area contributed by atoms with Gasteiger partial charge in [0.25, 0.3) is 5.91 Å². The molecule has 1 saturated carbocycles. The van der Waals surface area contributed by atoms with E-state index in [2.05, 4.69) is 33.9 Å². The van der Waals surface area contributed by atoms with Crippen LogP contribution in [0.25, 0.3) is 0 Å². The second-order valence-corrected chi connectivity index (χ2v) is 10.1. The van der Waals surface area contributed by atoms with E-state index in [-0.39, 0.29) is 11.8 Å². The van der Waals surface area contributed by atoms with Gasteiger partial charge in [-0.15, -0.1) is 11.3 Å². The number of nitrogens with zero attached hydrogens (tertiary/aromatic N) is 5. The van der Waals surface area contributed by atoms with E-state index in [1.807, 2.05) is 15.2 Å². The van der Waals surface area contributed by atoms with Gasteiger partial charge in [0.2, 0.25) is 5.91 Å². The molecule has 0 radical (unpaired) electrons. The van der Waals surface area contributed by atoms with Gasteiger partial charge < -0.3 is 15.1 Å². The Morgan fingerprint density at radius 1 is 1.03 bits per heavy atom. The standard InChI is InChI=1S/C22H36N6O2S/c1-17(2)23-22-24-19(16-31-22)21(30)28-9-7-25(8-10-28)15-20(29)27-13-11-26(12-14-27)18-5-3-4-6-18/h16-18H,3-15H2,1-2H3,(H,23,24). The fraction of sp³-hybridized carbons (Fsp3) is 0.773. The third-order valence-electron chi connectivity index (χ3n) is 6.66. The Balaban J connectivity index is 1.19. The van der Waals surface area contributed by atoms with Crippen LogP contribution in [0, 0.1) is 0 Å². The number of nitrogens with one attached hydrogen (secondary N) is 1. The first-order valence-corrected chi connectivity index (χ1v) is 12.6. The molecule has 3 aliphatic rings. The van der Waals surface area contributed by atoms with Crippen molar-refractivity contribution in [3.8, 4) is 0 Å². The zero-order valence-corrected chi connectivity index (χ0v) is 19.7. The lowest BCUT2D eigenvalue weighted by molar-refractivity contribution is -0.134. The molecule has 3 heterocycles. The number of amides is 2. The molecule has 0 spiro atoms. The highest BCUT2D eigenvalue weighted by Crippen LogP contribution is 2.24. The molecule has 4 rings (SSSR count). The monoisotopic (exact) mass is 448 g/mol. The third kappa shape index (κ3) is 5.75. The van der Waals surface area contributed by atoms with Gasteiger partial charge in [0.15, 0.2) is 5.13 Å². The van der Waals surface area contributed by atoms with Gasteiger partial charge in [-0.05, 0) is 26.7 Å². The van der Waals surface area contributed by atoms with Gasteiger partial charge in [0.1, 0.15) is 5.69 Å². The van der Waals surface area contributed by atoms with Crippen molar-refractivity contribution in [2.24, 2.45) is 0 Å². The van der Waals surface area contributed by atoms with Crippen LogP contribution in [-0.2, 0) is 4.79 Å². The minimum Gasteiger partial charge on any atom is -0.359 e. The molecule has 0 bridgehead atoms. The summed E-state index contributed by atoms with van der Waals surface area (Å²) in [4.78, 5) is 38.6. The number of carbonyl (C=O) groups excluding carboxylic acids is 2. The number of anilines is 1. The van der Waals surface area contributed by atoms with Gasteiger partial charge in [-0.25, -0.2) is 4.98 Å². The van der Waals surface area contributed by atoms with Crippen LogP contribution in [-0.4, -0.2) is 107 Å². The average Bonchev–Trinajstić information content (AvgIpc) is 3.46. The maximum absolute atomic E-state index is 12.8. The SMILES string of the molecule is CC(C)Nc1nc(C(=O)N2CCN(CC(=O)N3CCN(C4CCCC4)CC3)CC2)cs1. The molecule has 1 N–H and O–H groups in total. The Morgan fingerprint density at radius 2 is 1.68 bits per heavy atom. The van der Waals surface area contributed by atoms with Gasteiger partial charge in [-0.1, -0.05) is 12.8 Å². The van der Waals surface area contributed by atoms with Crippen molar-refractivity contribution in [1.29, 1.82) is 0 Å². The zero-order valence-electron chi connectivity index (χ0n) is 18.9. The Labute approximate surface area is 189 Å². The predicted molar refractivity (Wildman–Crippen MR) is 124 cm³/mol. The topological polar surface area (TPSA) is 72.0 Å². The molecule has 2 amide bonds. The van der Waals surface area contributed by atoms with Crippen molar-refractivity contribution < 1.29 is 9.59 Å². The Bertz CT molecular complexity index is 747. The third-order valence-corrected chi connectivity index (χ3v) is 7.44. The number of hydrogen-bond donors (Lipinski definition) is 1. The minimum absolute atomic E-state index is 0.0120. The number of thiazole rings is 1. The van der Waals surface area contributed by atoms with Gasteiger partial charge in [0, 0.05) is 69.8 Å². The van der Waals surface area contributed by atoms with Crippen LogP contribution in [0.15, 0.2) is 5.38 Å². The van der Waals surface area contributed by atoms with E-state index in [1.54, 1.807) is 0 Å². The molecule has 0 aromatic carbocycles. The molecule has 2 saturated heterocycles. The lowest BCUT2D eigenvalue weighted by atomic mass is 10.2. The Morgan fingerprint density at radius 3 is 2.32 bits per heavy atom. The van der Waals surface area contributed by atoms with Gasteiger partial charge in [0.05, 0.1) is 6.54 Å². The van der Waals surface area contributed by atoms with E-state index < -0.39 is 0 Å². The van der Waals surface area contributed by atoms with E-state index in [9.17, 15) is 9.59 Å². The summed E-state index contributed by atoms with van der Waals surface area (Å²) in [6.07, 6.45) is 5.37. The molecule has 9 heteroatoms. The fourth-order valence-corrected chi connectivity index (χ4v) is 5.69. The zero-order chi connectivity index (χ0) is 21.8. The molecule has 3 fully saturated rings. The van der Waals surface area contributed by atoms with Crippen LogP contribution in [0.1, 0.15) is 50.0 Å². The number of aromatic nitrogens is 1. The normalized spacial score (nSPS) is 21.8. The summed E-state index contributed by atoms with van der Waals surface area (Å²) in [5.41, 5.74) is 0.512. The van der Waals surface area contributed by atoms with Crippen molar-refractivity contribution in [2.45, 2.75) is 51.6 Å². The molecule has 2 aliphatic heterocycles. The summed E-state index contributed by atoms with van der Waals surface area (Å²) >= 11 is 1.47. The van der Waals surface area contributed by atoms with Crippen molar-refractivity contribution >= 4 is 28.3 Å². The molecule has 8 nitrogen and oxygen atoms in total. The number of rotatable bonds is 6. The molecular formula is C22H36N6O2S. The smallest absolute Gasteiger partial charge is 0.273 e. The van der Waals surface area contributed by atoms with E-state index in [0.717, 1.165) is 50.4 Å². The highest BCUT2D eigenvalue weighted by Gasteiger charge is 2.30. The van der Waals surface area contributed by atoms with Crippen molar-refractivity contribution in [1.82, 2.24) is 24.6 Å². The highest BCUT2D eigenvalue weighted by atomic mass is 32.1. The Hall–Kier alpha value is -1.71. The van der Waals surface area contributed by atoms with Crippen molar-refractivity contribution in [3.63, 3.8) is 0 Å². The molecule has 31 heavy (non-hydrogen) atoms. The summed E-state index contributed by atoms with van der Waals surface area (Å²) < 4.78 is 0. The summed E-state index contributed by atoms with van der Waals surface area (Å²) in [7, 11) is 0. The quantitative estimate of drug-likeness (QED) is 0.716. The first-order chi connectivity index (χ1) is 15.0. The number of hydrogen-bond acceptors (Lipinski definition) is 7. The number of carbonyl (C=O) groups is 2. The lowest BCUT2D eigenvalue weighted by Crippen LogP contribution is -2.55. The van der Waals surface area contributed by atoms with Gasteiger partial charge in [-0.2, -0.15) is 0 Å². The summed E-state index contributed by atoms with van der Waals surface area (Å²) in [5, 5.41) is 5.86. The molecule has 172 valence electrons. The first-order valence-electron chi connectivity index (χ1n) is 11.7. The van der Waals surface area contributed by atoms with E-state index in [1.165, 1.54) is 37.0 Å². The van der Waals surface area contributed by atoms with Gasteiger partial charge >= 0.3 is 0 Å².